The van der Waals surface area contributed by atoms with Crippen LogP contribution in [0.15, 0.2) is 58.1 Å². The number of aromatic nitrogens is 2. The molecule has 0 atom stereocenters. The van der Waals surface area contributed by atoms with Gasteiger partial charge in [0, 0.05) is 21.0 Å². The van der Waals surface area contributed by atoms with E-state index in [1.54, 1.807) is 25.3 Å². The molecule has 0 aliphatic heterocycles. The lowest BCUT2D eigenvalue weighted by Gasteiger charge is -2.12. The number of nitrogens with one attached hydrogen (secondary N) is 1. The number of ether oxygens (including phenoxy) is 2. The Kier molecular flexibility index (Phi) is 6.80. The lowest BCUT2D eigenvalue weighted by atomic mass is 10.0. The fourth-order valence-corrected chi connectivity index (χ4v) is 4.96. The first-order chi connectivity index (χ1) is 15.9. The molecule has 0 aliphatic carbocycles. The molecular weight excluding hydrogens is 506 g/mol. The molecule has 4 aromatic rings. The molecule has 170 valence electrons. The fourth-order valence-electron chi connectivity index (χ4n) is 3.60. The van der Waals surface area contributed by atoms with Crippen molar-refractivity contribution in [2.24, 2.45) is 0 Å². The zero-order valence-electron chi connectivity index (χ0n) is 18.3. The quantitative estimate of drug-likeness (QED) is 0.361. The summed E-state index contributed by atoms with van der Waals surface area (Å²) in [6, 6.07) is 12.9. The van der Waals surface area contributed by atoms with Crippen molar-refractivity contribution in [1.29, 1.82) is 0 Å². The Morgan fingerprint density at radius 1 is 1.15 bits per heavy atom. The van der Waals surface area contributed by atoms with Crippen LogP contribution >= 0.6 is 27.3 Å². The maximum absolute atomic E-state index is 13.4. The van der Waals surface area contributed by atoms with Gasteiger partial charge < -0.3 is 14.8 Å². The summed E-state index contributed by atoms with van der Waals surface area (Å²) in [7, 11) is 3.07. The molecule has 0 spiro atoms. The smallest absolute Gasteiger partial charge is 0.263 e. The summed E-state index contributed by atoms with van der Waals surface area (Å²) >= 11 is 4.97. The summed E-state index contributed by atoms with van der Waals surface area (Å²) in [6.07, 6.45) is 2.21. The van der Waals surface area contributed by atoms with Crippen LogP contribution in [0.5, 0.6) is 11.5 Å². The van der Waals surface area contributed by atoms with Crippen molar-refractivity contribution in [2.75, 3.05) is 19.5 Å². The van der Waals surface area contributed by atoms with Crippen molar-refractivity contribution in [3.05, 3.63) is 68.5 Å². The average Bonchev–Trinajstić information content (AvgIpc) is 3.21. The van der Waals surface area contributed by atoms with E-state index in [4.69, 9.17) is 9.47 Å². The number of rotatable bonds is 7. The summed E-state index contributed by atoms with van der Waals surface area (Å²) in [5.74, 6) is 0.713. The minimum Gasteiger partial charge on any atom is -0.497 e. The minimum atomic E-state index is -0.363. The predicted molar refractivity (Wildman–Crippen MR) is 135 cm³/mol. The zero-order valence-corrected chi connectivity index (χ0v) is 20.7. The number of aryl methyl sites for hydroxylation is 1. The first kappa shape index (κ1) is 23.0. The van der Waals surface area contributed by atoms with Crippen molar-refractivity contribution in [1.82, 2.24) is 9.55 Å². The van der Waals surface area contributed by atoms with Gasteiger partial charge in [-0.05, 0) is 36.2 Å². The maximum Gasteiger partial charge on any atom is 0.263 e. The third kappa shape index (κ3) is 4.65. The van der Waals surface area contributed by atoms with E-state index in [2.05, 4.69) is 33.2 Å². The number of amides is 1. The molecule has 2 aromatic carbocycles. The monoisotopic (exact) mass is 527 g/mol. The molecule has 0 saturated heterocycles. The number of hydrogen-bond donors (Lipinski definition) is 1. The highest BCUT2D eigenvalue weighted by Crippen LogP contribution is 2.37. The number of methoxy groups -OCH3 is 2. The molecule has 0 bridgehead atoms. The first-order valence-corrected chi connectivity index (χ1v) is 11.8. The van der Waals surface area contributed by atoms with Gasteiger partial charge >= 0.3 is 0 Å². The Labute approximate surface area is 203 Å². The van der Waals surface area contributed by atoms with Gasteiger partial charge in [0.2, 0.25) is 5.91 Å². The number of fused-ring (bicyclic) bond motifs is 1. The molecule has 2 aromatic heterocycles. The Morgan fingerprint density at radius 2 is 1.91 bits per heavy atom. The molecule has 1 N–H and O–H groups in total. The van der Waals surface area contributed by atoms with E-state index >= 15 is 0 Å². The molecule has 0 unspecified atom stereocenters. The Hall–Kier alpha value is -3.17. The van der Waals surface area contributed by atoms with Crippen LogP contribution in [0, 0.1) is 0 Å². The highest BCUT2D eigenvalue weighted by atomic mass is 79.9. The minimum absolute atomic E-state index is 0.173. The number of carbonyl (C=O) groups excluding carboxylic acids is 1. The number of carbonyl (C=O) groups is 1. The van der Waals surface area contributed by atoms with Gasteiger partial charge in [0.1, 0.15) is 22.9 Å². The van der Waals surface area contributed by atoms with Crippen LogP contribution in [-0.2, 0) is 17.8 Å². The SMILES string of the molecule is CCc1sc2ncn(CC(=O)Nc3ccc(OC)cc3OC)c(=O)c2c1-c1ccc(Br)cc1. The summed E-state index contributed by atoms with van der Waals surface area (Å²) in [5.41, 5.74) is 2.08. The number of anilines is 1. The van der Waals surface area contributed by atoms with E-state index in [9.17, 15) is 9.59 Å². The van der Waals surface area contributed by atoms with Crippen LogP contribution in [-0.4, -0.2) is 29.7 Å². The van der Waals surface area contributed by atoms with Gasteiger partial charge in [-0.25, -0.2) is 4.98 Å². The van der Waals surface area contributed by atoms with E-state index in [1.165, 1.54) is 29.3 Å². The second-order valence-electron chi connectivity index (χ2n) is 7.23. The molecule has 0 aliphatic rings. The molecule has 0 saturated carbocycles. The van der Waals surface area contributed by atoms with Gasteiger partial charge in [-0.2, -0.15) is 0 Å². The summed E-state index contributed by atoms with van der Waals surface area (Å²) in [6.45, 7) is 1.88. The molecule has 4 rings (SSSR count). The normalized spacial score (nSPS) is 10.9. The number of benzene rings is 2. The zero-order chi connectivity index (χ0) is 23.5. The molecular formula is C24H22BrN3O4S. The topological polar surface area (TPSA) is 82.5 Å². The Balaban J connectivity index is 1.69. The highest BCUT2D eigenvalue weighted by Gasteiger charge is 2.19. The van der Waals surface area contributed by atoms with Crippen LogP contribution in [0.2, 0.25) is 0 Å². The first-order valence-electron chi connectivity index (χ1n) is 10.2. The number of halogens is 1. The second kappa shape index (κ2) is 9.76. The highest BCUT2D eigenvalue weighted by molar-refractivity contribution is 9.10. The molecule has 7 nitrogen and oxygen atoms in total. The van der Waals surface area contributed by atoms with Gasteiger partial charge in [-0.3, -0.25) is 14.2 Å². The van der Waals surface area contributed by atoms with Crippen molar-refractivity contribution >= 4 is 49.1 Å². The van der Waals surface area contributed by atoms with Crippen molar-refractivity contribution < 1.29 is 14.3 Å². The molecule has 0 fully saturated rings. The summed E-state index contributed by atoms with van der Waals surface area (Å²) < 4.78 is 12.8. The predicted octanol–water partition coefficient (Wildman–Crippen LogP) is 5.11. The molecule has 0 radical (unpaired) electrons. The maximum atomic E-state index is 13.4. The van der Waals surface area contributed by atoms with E-state index in [1.807, 2.05) is 24.3 Å². The number of nitrogens with zero attached hydrogens (tertiary/aromatic N) is 2. The average molecular weight is 528 g/mol. The fraction of sp³-hybridized carbons (Fsp3) is 0.208. The third-order valence-electron chi connectivity index (χ3n) is 5.20. The van der Waals surface area contributed by atoms with Crippen LogP contribution in [0.1, 0.15) is 11.8 Å². The molecule has 9 heteroatoms. The standard InChI is InChI=1S/C24H22BrN3O4S/c1-4-19-21(14-5-7-15(25)8-6-14)22-23(33-19)26-13-28(24(22)30)12-20(29)27-17-10-9-16(31-2)11-18(17)32-3/h5-11,13H,4,12H2,1-3H3,(H,27,29). The van der Waals surface area contributed by atoms with E-state index in [-0.39, 0.29) is 18.0 Å². The van der Waals surface area contributed by atoms with Crippen molar-refractivity contribution in [3.63, 3.8) is 0 Å². The molecule has 33 heavy (non-hydrogen) atoms. The second-order valence-corrected chi connectivity index (χ2v) is 9.23. The molecule has 2 heterocycles. The van der Waals surface area contributed by atoms with Crippen LogP contribution in [0.25, 0.3) is 21.3 Å². The third-order valence-corrected chi connectivity index (χ3v) is 6.97. The van der Waals surface area contributed by atoms with Crippen LogP contribution < -0.4 is 20.3 Å². The van der Waals surface area contributed by atoms with E-state index in [0.717, 1.165) is 26.9 Å². The van der Waals surface area contributed by atoms with Gasteiger partial charge in [0.05, 0.1) is 31.6 Å². The van der Waals surface area contributed by atoms with E-state index < -0.39 is 0 Å². The van der Waals surface area contributed by atoms with Crippen LogP contribution in [0.3, 0.4) is 0 Å². The van der Waals surface area contributed by atoms with Crippen molar-refractivity contribution in [3.8, 4) is 22.6 Å². The Morgan fingerprint density at radius 3 is 2.58 bits per heavy atom. The summed E-state index contributed by atoms with van der Waals surface area (Å²) in [4.78, 5) is 32.4. The van der Waals surface area contributed by atoms with Crippen molar-refractivity contribution in [2.45, 2.75) is 19.9 Å². The lowest BCUT2D eigenvalue weighted by molar-refractivity contribution is -0.116. The van der Waals surface area contributed by atoms with Gasteiger partial charge in [0.15, 0.2) is 0 Å². The molecule has 1 amide bonds. The van der Waals surface area contributed by atoms with Gasteiger partial charge in [-0.1, -0.05) is 35.0 Å². The van der Waals surface area contributed by atoms with Gasteiger partial charge in [-0.15, -0.1) is 11.3 Å². The van der Waals surface area contributed by atoms with Gasteiger partial charge in [0.25, 0.3) is 5.56 Å². The summed E-state index contributed by atoms with van der Waals surface area (Å²) in [5, 5.41) is 3.33. The van der Waals surface area contributed by atoms with Crippen LogP contribution in [0.4, 0.5) is 5.69 Å². The number of hydrogen-bond acceptors (Lipinski definition) is 6. The number of thiophene rings is 1. The largest absolute Gasteiger partial charge is 0.497 e. The Bertz CT molecular complexity index is 1380. The lowest BCUT2D eigenvalue weighted by Crippen LogP contribution is -2.28. The van der Waals surface area contributed by atoms with E-state index in [0.29, 0.717) is 27.4 Å².